The standard InChI is InChI=1S/C24H35BrO4S/c1-16-14-23(27)21(8-6-4-5-7-9-24(28)29-3)20(16)13-11-18(26)10-12-19-15-22(25)17(2)30-19/h4,6,11,13,15-16,18,20-21,23,26-27H,5,7-10,12,14H2,1-3H3/t16-,18+,20+,21-,23?/m1/s1. The average Bonchev–Trinajstić information content (AvgIpc) is 3.17. The summed E-state index contributed by atoms with van der Waals surface area (Å²) in [6.07, 6.45) is 12.7. The summed E-state index contributed by atoms with van der Waals surface area (Å²) in [7, 11) is 1.41. The summed E-state index contributed by atoms with van der Waals surface area (Å²) in [6.45, 7) is 4.27. The van der Waals surface area contributed by atoms with Gasteiger partial charge in [0.15, 0.2) is 0 Å². The van der Waals surface area contributed by atoms with Gasteiger partial charge in [-0.3, -0.25) is 4.79 Å². The van der Waals surface area contributed by atoms with E-state index in [2.05, 4.69) is 58.8 Å². The first-order valence-corrected chi connectivity index (χ1v) is 12.4. The third kappa shape index (κ3) is 7.95. The molecule has 1 fully saturated rings. The SMILES string of the molecule is COC(=O)CCCC=CC[C@H]1C(O)C[C@@H](C)[C@@H]1C=C[C@@H](O)CCc1cc(Br)c(C)s1. The van der Waals surface area contributed by atoms with Gasteiger partial charge in [0.25, 0.3) is 0 Å². The third-order valence-corrected chi connectivity index (χ3v) is 8.16. The fourth-order valence-electron chi connectivity index (χ4n) is 4.16. The lowest BCUT2D eigenvalue weighted by atomic mass is 9.86. The third-order valence-electron chi connectivity index (χ3n) is 5.96. The van der Waals surface area contributed by atoms with Crippen molar-refractivity contribution >= 4 is 33.2 Å². The van der Waals surface area contributed by atoms with Gasteiger partial charge in [-0.2, -0.15) is 0 Å². The van der Waals surface area contributed by atoms with E-state index >= 15 is 0 Å². The Bertz CT molecular complexity index is 707. The van der Waals surface area contributed by atoms with Crippen LogP contribution in [0.4, 0.5) is 0 Å². The monoisotopic (exact) mass is 498 g/mol. The van der Waals surface area contributed by atoms with Crippen LogP contribution in [0.2, 0.25) is 0 Å². The van der Waals surface area contributed by atoms with E-state index in [1.54, 1.807) is 11.3 Å². The number of aliphatic hydroxyl groups is 2. The number of thiophene rings is 1. The van der Waals surface area contributed by atoms with Crippen molar-refractivity contribution in [2.24, 2.45) is 17.8 Å². The summed E-state index contributed by atoms with van der Waals surface area (Å²) < 4.78 is 5.79. The molecular weight excluding hydrogens is 464 g/mol. The molecule has 1 aromatic heterocycles. The largest absolute Gasteiger partial charge is 0.469 e. The van der Waals surface area contributed by atoms with Crippen LogP contribution < -0.4 is 0 Å². The number of hydrogen-bond acceptors (Lipinski definition) is 5. The van der Waals surface area contributed by atoms with Gasteiger partial charge in [-0.05, 0) is 85.2 Å². The molecule has 4 nitrogen and oxygen atoms in total. The maximum Gasteiger partial charge on any atom is 0.305 e. The number of allylic oxidation sites excluding steroid dienone is 3. The zero-order valence-corrected chi connectivity index (χ0v) is 20.6. The van der Waals surface area contributed by atoms with Crippen LogP contribution in [0.15, 0.2) is 34.8 Å². The molecule has 30 heavy (non-hydrogen) atoms. The Morgan fingerprint density at radius 2 is 2.20 bits per heavy atom. The molecule has 1 aromatic rings. The summed E-state index contributed by atoms with van der Waals surface area (Å²) in [5.41, 5.74) is 0. The van der Waals surface area contributed by atoms with Crippen LogP contribution in [0, 0.1) is 24.7 Å². The number of carbonyl (C=O) groups is 1. The average molecular weight is 500 g/mol. The first-order valence-electron chi connectivity index (χ1n) is 10.8. The minimum atomic E-state index is -0.467. The predicted molar refractivity (Wildman–Crippen MR) is 127 cm³/mol. The molecule has 168 valence electrons. The lowest BCUT2D eigenvalue weighted by Crippen LogP contribution is -2.18. The number of aryl methyl sites for hydroxylation is 2. The number of aliphatic hydroxyl groups excluding tert-OH is 2. The highest BCUT2D eigenvalue weighted by Gasteiger charge is 2.37. The van der Waals surface area contributed by atoms with E-state index in [4.69, 9.17) is 0 Å². The first-order chi connectivity index (χ1) is 14.3. The number of ether oxygens (including phenoxy) is 1. The molecule has 2 rings (SSSR count). The molecule has 0 saturated heterocycles. The molecular formula is C24H35BrO4S. The van der Waals surface area contributed by atoms with Gasteiger partial charge >= 0.3 is 5.97 Å². The summed E-state index contributed by atoms with van der Waals surface area (Å²) in [5.74, 6) is 0.676. The van der Waals surface area contributed by atoms with E-state index < -0.39 is 6.10 Å². The van der Waals surface area contributed by atoms with Crippen molar-refractivity contribution in [2.45, 2.75) is 71.0 Å². The van der Waals surface area contributed by atoms with Gasteiger partial charge in [-0.1, -0.05) is 31.2 Å². The van der Waals surface area contributed by atoms with Gasteiger partial charge in [0, 0.05) is 20.6 Å². The van der Waals surface area contributed by atoms with E-state index in [-0.39, 0.29) is 23.9 Å². The quantitative estimate of drug-likeness (QED) is 0.237. The number of methoxy groups -OCH3 is 1. The molecule has 0 aliphatic heterocycles. The van der Waals surface area contributed by atoms with Crippen molar-refractivity contribution in [1.82, 2.24) is 0 Å². The molecule has 1 aliphatic carbocycles. The smallest absolute Gasteiger partial charge is 0.305 e. The van der Waals surface area contributed by atoms with Gasteiger partial charge < -0.3 is 14.9 Å². The second-order valence-electron chi connectivity index (χ2n) is 8.30. The molecule has 0 radical (unpaired) electrons. The van der Waals surface area contributed by atoms with E-state index in [1.165, 1.54) is 16.9 Å². The number of carbonyl (C=O) groups excluding carboxylic acids is 1. The topological polar surface area (TPSA) is 66.8 Å². The number of rotatable bonds is 11. The van der Waals surface area contributed by atoms with Crippen LogP contribution >= 0.6 is 27.3 Å². The zero-order chi connectivity index (χ0) is 22.1. The molecule has 2 N–H and O–H groups in total. The van der Waals surface area contributed by atoms with E-state index in [9.17, 15) is 15.0 Å². The highest BCUT2D eigenvalue weighted by atomic mass is 79.9. The summed E-state index contributed by atoms with van der Waals surface area (Å²) >= 11 is 5.32. The number of halogens is 1. The summed E-state index contributed by atoms with van der Waals surface area (Å²) in [5, 5.41) is 20.9. The Morgan fingerprint density at radius 3 is 2.87 bits per heavy atom. The van der Waals surface area contributed by atoms with Crippen LogP contribution in [-0.4, -0.2) is 35.5 Å². The van der Waals surface area contributed by atoms with Crippen molar-refractivity contribution in [3.63, 3.8) is 0 Å². The zero-order valence-electron chi connectivity index (χ0n) is 18.2. The second-order valence-corrected chi connectivity index (χ2v) is 10.5. The van der Waals surface area contributed by atoms with Crippen LogP contribution in [0.1, 0.15) is 55.2 Å². The van der Waals surface area contributed by atoms with E-state index in [1.807, 2.05) is 6.08 Å². The molecule has 1 aliphatic rings. The minimum absolute atomic E-state index is 0.172. The van der Waals surface area contributed by atoms with Crippen molar-refractivity contribution in [3.05, 3.63) is 44.6 Å². The van der Waals surface area contributed by atoms with Gasteiger partial charge in [-0.15, -0.1) is 11.3 Å². The van der Waals surface area contributed by atoms with Gasteiger partial charge in [0.1, 0.15) is 0 Å². The molecule has 1 unspecified atom stereocenters. The fraction of sp³-hybridized carbons (Fsp3) is 0.625. The summed E-state index contributed by atoms with van der Waals surface area (Å²) in [6, 6.07) is 2.14. The molecule has 0 aromatic carbocycles. The van der Waals surface area contributed by atoms with E-state index in [0.29, 0.717) is 18.8 Å². The van der Waals surface area contributed by atoms with Crippen LogP contribution in [0.25, 0.3) is 0 Å². The van der Waals surface area contributed by atoms with Crippen molar-refractivity contribution in [3.8, 4) is 0 Å². The normalized spacial score (nSPS) is 25.4. The summed E-state index contributed by atoms with van der Waals surface area (Å²) in [4.78, 5) is 13.7. The lowest BCUT2D eigenvalue weighted by molar-refractivity contribution is -0.140. The molecule has 5 atom stereocenters. The molecule has 6 heteroatoms. The van der Waals surface area contributed by atoms with Crippen LogP contribution in [0.3, 0.4) is 0 Å². The minimum Gasteiger partial charge on any atom is -0.469 e. The number of esters is 1. The number of hydrogen-bond donors (Lipinski definition) is 2. The molecule has 1 saturated carbocycles. The maximum absolute atomic E-state index is 11.1. The predicted octanol–water partition coefficient (Wildman–Crippen LogP) is 5.59. The fourth-order valence-corrected chi connectivity index (χ4v) is 5.78. The van der Waals surface area contributed by atoms with Gasteiger partial charge in [0.05, 0.1) is 19.3 Å². The Kier molecular flexibility index (Phi) is 10.8. The van der Waals surface area contributed by atoms with Gasteiger partial charge in [-0.25, -0.2) is 0 Å². The molecule has 1 heterocycles. The Balaban J connectivity index is 1.81. The number of unbranched alkanes of at least 4 members (excludes halogenated alkanes) is 1. The van der Waals surface area contributed by atoms with Crippen molar-refractivity contribution < 1.29 is 19.7 Å². The van der Waals surface area contributed by atoms with E-state index in [0.717, 1.165) is 36.6 Å². The van der Waals surface area contributed by atoms with Crippen molar-refractivity contribution in [2.75, 3.05) is 7.11 Å². The Morgan fingerprint density at radius 1 is 1.43 bits per heavy atom. The molecule has 0 bridgehead atoms. The molecule has 0 spiro atoms. The lowest BCUT2D eigenvalue weighted by Gasteiger charge is -2.20. The molecule has 0 amide bonds. The van der Waals surface area contributed by atoms with Gasteiger partial charge in [0.2, 0.25) is 0 Å². The Hall–Kier alpha value is -0.950. The maximum atomic E-state index is 11.1. The van der Waals surface area contributed by atoms with Crippen molar-refractivity contribution in [1.29, 1.82) is 0 Å². The first kappa shape index (κ1) is 25.3. The highest BCUT2D eigenvalue weighted by Crippen LogP contribution is 2.40. The highest BCUT2D eigenvalue weighted by molar-refractivity contribution is 9.10. The van der Waals surface area contributed by atoms with Crippen LogP contribution in [-0.2, 0) is 16.0 Å². The van der Waals surface area contributed by atoms with Crippen LogP contribution in [0.5, 0.6) is 0 Å². The Labute approximate surface area is 193 Å². The second kappa shape index (κ2) is 12.8.